The second-order valence-corrected chi connectivity index (χ2v) is 5.16. The summed E-state index contributed by atoms with van der Waals surface area (Å²) >= 11 is 1.58. The monoisotopic (exact) mass is 248 g/mol. The van der Waals surface area contributed by atoms with Gasteiger partial charge in [0, 0.05) is 13.5 Å². The van der Waals surface area contributed by atoms with E-state index in [1.807, 2.05) is 18.5 Å². The quantitative estimate of drug-likeness (QED) is 0.764. The number of carbonyl (C=O) groups excluding carboxylic acids is 1. The van der Waals surface area contributed by atoms with Crippen LogP contribution in [0, 0.1) is 13.8 Å². The maximum atomic E-state index is 11.4. The summed E-state index contributed by atoms with van der Waals surface area (Å²) in [6.45, 7) is 6.00. The Morgan fingerprint density at radius 1 is 1.35 bits per heavy atom. The molecule has 4 heteroatoms. The summed E-state index contributed by atoms with van der Waals surface area (Å²) in [5.41, 5.74) is 3.63. The zero-order valence-electron chi connectivity index (χ0n) is 10.6. The number of aromatic nitrogens is 1. The number of thiazole rings is 1. The first-order valence-electron chi connectivity index (χ1n) is 5.68. The van der Waals surface area contributed by atoms with E-state index in [2.05, 4.69) is 31.0 Å². The van der Waals surface area contributed by atoms with E-state index in [0.29, 0.717) is 6.42 Å². The van der Waals surface area contributed by atoms with Crippen LogP contribution in [0.15, 0.2) is 17.1 Å². The molecule has 0 N–H and O–H groups in total. The number of hydrogen-bond acceptors (Lipinski definition) is 2. The van der Waals surface area contributed by atoms with Crippen LogP contribution in [0.3, 0.4) is 0 Å². The third kappa shape index (κ3) is 2.05. The van der Waals surface area contributed by atoms with Crippen LogP contribution in [0.4, 0.5) is 0 Å². The molecule has 0 spiro atoms. The fraction of sp³-hybridized carbons (Fsp3) is 0.385. The molecular formula is C13H16N2OS. The van der Waals surface area contributed by atoms with Gasteiger partial charge in [-0.1, -0.05) is 30.4 Å². The molecule has 2 aromatic rings. The van der Waals surface area contributed by atoms with Gasteiger partial charge in [0.05, 0.1) is 10.2 Å². The van der Waals surface area contributed by atoms with Crippen molar-refractivity contribution in [1.29, 1.82) is 0 Å². The molecule has 1 aromatic heterocycles. The van der Waals surface area contributed by atoms with Crippen LogP contribution in [0.5, 0.6) is 0 Å². The van der Waals surface area contributed by atoms with Crippen LogP contribution in [0.25, 0.3) is 10.2 Å². The summed E-state index contributed by atoms with van der Waals surface area (Å²) in [5.74, 6) is -0.0672. The van der Waals surface area contributed by atoms with Gasteiger partial charge in [0.1, 0.15) is 0 Å². The van der Waals surface area contributed by atoms with Crippen molar-refractivity contribution in [2.24, 2.45) is 12.0 Å². The molecule has 0 radical (unpaired) electrons. The fourth-order valence-electron chi connectivity index (χ4n) is 1.86. The number of amides is 1. The zero-order chi connectivity index (χ0) is 12.6. The van der Waals surface area contributed by atoms with Crippen molar-refractivity contribution in [3.8, 4) is 0 Å². The van der Waals surface area contributed by atoms with Crippen molar-refractivity contribution in [3.05, 3.63) is 28.1 Å². The van der Waals surface area contributed by atoms with Gasteiger partial charge in [0.25, 0.3) is 0 Å². The highest BCUT2D eigenvalue weighted by molar-refractivity contribution is 7.16. The minimum Gasteiger partial charge on any atom is -0.319 e. The van der Waals surface area contributed by atoms with Gasteiger partial charge in [0.2, 0.25) is 5.91 Å². The van der Waals surface area contributed by atoms with E-state index in [4.69, 9.17) is 0 Å². The summed E-state index contributed by atoms with van der Waals surface area (Å²) in [6.07, 6.45) is 0.451. The summed E-state index contributed by atoms with van der Waals surface area (Å²) in [6, 6.07) is 4.22. The van der Waals surface area contributed by atoms with Gasteiger partial charge in [-0.15, -0.1) is 0 Å². The van der Waals surface area contributed by atoms with E-state index in [0.717, 1.165) is 4.80 Å². The Kier molecular flexibility index (Phi) is 3.15. The van der Waals surface area contributed by atoms with E-state index >= 15 is 0 Å². The molecular weight excluding hydrogens is 232 g/mol. The lowest BCUT2D eigenvalue weighted by molar-refractivity contribution is -0.117. The van der Waals surface area contributed by atoms with E-state index in [1.54, 1.807) is 11.3 Å². The Labute approximate surface area is 104 Å². The molecule has 0 saturated heterocycles. The van der Waals surface area contributed by atoms with Gasteiger partial charge < -0.3 is 4.57 Å². The fourth-order valence-corrected chi connectivity index (χ4v) is 3.04. The largest absolute Gasteiger partial charge is 0.319 e. The standard InChI is InChI=1S/C13H16N2OS/c1-5-10(16)14-13-15(4)11-8(2)6-7-9(3)12(11)17-13/h6-7H,5H2,1-4H3. The molecule has 1 aromatic carbocycles. The van der Waals surface area contributed by atoms with Crippen molar-refractivity contribution in [1.82, 2.24) is 4.57 Å². The van der Waals surface area contributed by atoms with Gasteiger partial charge in [-0.3, -0.25) is 4.79 Å². The first kappa shape index (κ1) is 12.0. The molecule has 3 nitrogen and oxygen atoms in total. The smallest absolute Gasteiger partial charge is 0.248 e. The Hall–Kier alpha value is -1.42. The minimum atomic E-state index is -0.0672. The molecule has 0 bridgehead atoms. The number of rotatable bonds is 1. The van der Waals surface area contributed by atoms with Crippen LogP contribution in [-0.4, -0.2) is 10.5 Å². The third-order valence-electron chi connectivity index (χ3n) is 2.87. The van der Waals surface area contributed by atoms with Gasteiger partial charge in [-0.05, 0) is 25.0 Å². The first-order valence-corrected chi connectivity index (χ1v) is 6.49. The average molecular weight is 248 g/mol. The highest BCUT2D eigenvalue weighted by Crippen LogP contribution is 2.23. The molecule has 0 aliphatic carbocycles. The molecule has 1 amide bonds. The number of nitrogens with zero attached hydrogens (tertiary/aromatic N) is 2. The van der Waals surface area contributed by atoms with E-state index in [1.165, 1.54) is 21.3 Å². The zero-order valence-corrected chi connectivity index (χ0v) is 11.4. The number of benzene rings is 1. The van der Waals surface area contributed by atoms with Gasteiger partial charge in [-0.2, -0.15) is 4.99 Å². The average Bonchev–Trinajstić information content (AvgIpc) is 2.63. The van der Waals surface area contributed by atoms with Gasteiger partial charge >= 0.3 is 0 Å². The Balaban J connectivity index is 2.82. The first-order chi connectivity index (χ1) is 8.04. The highest BCUT2D eigenvalue weighted by Gasteiger charge is 2.08. The van der Waals surface area contributed by atoms with Crippen molar-refractivity contribution < 1.29 is 4.79 Å². The molecule has 90 valence electrons. The molecule has 0 aliphatic heterocycles. The minimum absolute atomic E-state index is 0.0672. The number of carbonyl (C=O) groups is 1. The molecule has 0 aliphatic rings. The predicted molar refractivity (Wildman–Crippen MR) is 71.1 cm³/mol. The number of aryl methyl sites for hydroxylation is 3. The molecule has 1 heterocycles. The molecule has 0 fully saturated rings. The van der Waals surface area contributed by atoms with E-state index in [9.17, 15) is 4.79 Å². The number of fused-ring (bicyclic) bond motifs is 1. The van der Waals surface area contributed by atoms with Crippen LogP contribution in [0.1, 0.15) is 24.5 Å². The van der Waals surface area contributed by atoms with Crippen LogP contribution < -0.4 is 4.80 Å². The predicted octanol–water partition coefficient (Wildman–Crippen LogP) is 2.69. The van der Waals surface area contributed by atoms with Crippen LogP contribution in [-0.2, 0) is 11.8 Å². The molecule has 0 saturated carbocycles. The lowest BCUT2D eigenvalue weighted by Crippen LogP contribution is -2.13. The number of hydrogen-bond donors (Lipinski definition) is 0. The SMILES string of the molecule is CCC(=O)N=c1sc2c(C)ccc(C)c2n1C. The molecule has 0 unspecified atom stereocenters. The lowest BCUT2D eigenvalue weighted by atomic mass is 10.1. The Bertz CT molecular complexity index is 649. The summed E-state index contributed by atoms with van der Waals surface area (Å²) < 4.78 is 3.23. The van der Waals surface area contributed by atoms with Crippen molar-refractivity contribution in [2.45, 2.75) is 27.2 Å². The Morgan fingerprint density at radius 2 is 2.00 bits per heavy atom. The summed E-state index contributed by atoms with van der Waals surface area (Å²) in [4.78, 5) is 16.3. The highest BCUT2D eigenvalue weighted by atomic mass is 32.1. The second kappa shape index (κ2) is 4.45. The molecule has 2 rings (SSSR count). The summed E-state index contributed by atoms with van der Waals surface area (Å²) in [7, 11) is 1.97. The van der Waals surface area contributed by atoms with Crippen LogP contribution in [0.2, 0.25) is 0 Å². The van der Waals surface area contributed by atoms with Gasteiger partial charge in [0.15, 0.2) is 4.80 Å². The lowest BCUT2D eigenvalue weighted by Gasteiger charge is -2.01. The van der Waals surface area contributed by atoms with Crippen molar-refractivity contribution in [2.75, 3.05) is 0 Å². The van der Waals surface area contributed by atoms with Crippen molar-refractivity contribution >= 4 is 27.5 Å². The van der Waals surface area contributed by atoms with Crippen molar-refractivity contribution in [3.63, 3.8) is 0 Å². The van der Waals surface area contributed by atoms with Gasteiger partial charge in [-0.25, -0.2) is 0 Å². The molecule has 17 heavy (non-hydrogen) atoms. The maximum Gasteiger partial charge on any atom is 0.248 e. The second-order valence-electron chi connectivity index (χ2n) is 4.18. The molecule has 0 atom stereocenters. The third-order valence-corrected chi connectivity index (χ3v) is 4.14. The maximum absolute atomic E-state index is 11.4. The Morgan fingerprint density at radius 3 is 2.59 bits per heavy atom. The van der Waals surface area contributed by atoms with E-state index in [-0.39, 0.29) is 5.91 Å². The van der Waals surface area contributed by atoms with E-state index < -0.39 is 0 Å². The van der Waals surface area contributed by atoms with Crippen LogP contribution >= 0.6 is 11.3 Å². The topological polar surface area (TPSA) is 34.4 Å². The normalized spacial score (nSPS) is 12.4. The summed E-state index contributed by atoms with van der Waals surface area (Å²) in [5, 5.41) is 0.